The summed E-state index contributed by atoms with van der Waals surface area (Å²) in [4.78, 5) is 11.7. The average Bonchev–Trinajstić information content (AvgIpc) is 3.11. The molecule has 0 spiro atoms. The van der Waals surface area contributed by atoms with Gasteiger partial charge in [0.05, 0.1) is 12.1 Å². The molecule has 1 fully saturated rings. The van der Waals surface area contributed by atoms with E-state index in [2.05, 4.69) is 5.32 Å². The van der Waals surface area contributed by atoms with Gasteiger partial charge in [-0.3, -0.25) is 4.79 Å². The molecule has 0 unspecified atom stereocenters. The zero-order valence-corrected chi connectivity index (χ0v) is 10.8. The number of amides is 1. The Kier molecular flexibility index (Phi) is 3.57. The smallest absolute Gasteiger partial charge is 0.258 e. The molecule has 0 radical (unpaired) electrons. The lowest BCUT2D eigenvalue weighted by Gasteiger charge is -2.15. The molecule has 1 saturated carbocycles. The number of hydrogen-bond donors (Lipinski definition) is 2. The Bertz CT molecular complexity index is 452. The predicted octanol–water partition coefficient (Wildman–Crippen LogP) is 1.32. The van der Waals surface area contributed by atoms with Crippen LogP contribution >= 0.6 is 0 Å². The first kappa shape index (κ1) is 12.9. The Morgan fingerprint density at radius 2 is 2.17 bits per heavy atom. The van der Waals surface area contributed by atoms with Crippen molar-refractivity contribution >= 4 is 5.91 Å². The van der Waals surface area contributed by atoms with Crippen LogP contribution in [0.4, 0.5) is 0 Å². The lowest BCUT2D eigenvalue weighted by molar-refractivity contribution is -0.124. The highest BCUT2D eigenvalue weighted by atomic mass is 16.5. The minimum atomic E-state index is -0.373. The van der Waals surface area contributed by atoms with Gasteiger partial charge in [0.1, 0.15) is 5.75 Å². The fraction of sp³-hybridized carbons (Fsp3) is 0.500. The Hall–Kier alpha value is -1.55. The van der Waals surface area contributed by atoms with Crippen molar-refractivity contribution in [2.45, 2.75) is 32.2 Å². The predicted molar refractivity (Wildman–Crippen MR) is 68.6 cm³/mol. The number of nitrogens with one attached hydrogen (secondary N) is 1. The van der Waals surface area contributed by atoms with E-state index in [1.807, 2.05) is 32.0 Å². The maximum absolute atomic E-state index is 11.7. The topological polar surface area (TPSA) is 58.6 Å². The van der Waals surface area contributed by atoms with E-state index >= 15 is 0 Å². The largest absolute Gasteiger partial charge is 0.483 e. The standard InChI is InChI=1S/C14H19NO3/c1-10-3-4-11(2)12(7-10)18-8-13(17)15-14(9-16)5-6-14/h3-4,7,16H,5-6,8-9H2,1-2H3,(H,15,17). The Labute approximate surface area is 107 Å². The number of carbonyl (C=O) groups is 1. The first-order chi connectivity index (χ1) is 8.54. The second kappa shape index (κ2) is 4.98. The molecular formula is C14H19NO3. The third-order valence-corrected chi connectivity index (χ3v) is 3.26. The molecule has 1 aromatic rings. The van der Waals surface area contributed by atoms with E-state index in [1.165, 1.54) is 0 Å². The molecule has 0 saturated heterocycles. The van der Waals surface area contributed by atoms with Gasteiger partial charge in [0.25, 0.3) is 5.91 Å². The van der Waals surface area contributed by atoms with Crippen LogP contribution in [0, 0.1) is 13.8 Å². The third-order valence-electron chi connectivity index (χ3n) is 3.26. The van der Waals surface area contributed by atoms with E-state index in [0.29, 0.717) is 0 Å². The number of carbonyl (C=O) groups excluding carboxylic acids is 1. The van der Waals surface area contributed by atoms with Crippen LogP contribution in [-0.2, 0) is 4.79 Å². The summed E-state index contributed by atoms with van der Waals surface area (Å²) in [5, 5.41) is 11.9. The van der Waals surface area contributed by atoms with Crippen molar-refractivity contribution in [3.63, 3.8) is 0 Å². The minimum Gasteiger partial charge on any atom is -0.483 e. The quantitative estimate of drug-likeness (QED) is 0.827. The number of hydrogen-bond acceptors (Lipinski definition) is 3. The summed E-state index contributed by atoms with van der Waals surface area (Å²) in [7, 11) is 0. The molecule has 4 nitrogen and oxygen atoms in total. The fourth-order valence-electron chi connectivity index (χ4n) is 1.81. The molecule has 2 rings (SSSR count). The van der Waals surface area contributed by atoms with Gasteiger partial charge in [0, 0.05) is 0 Å². The molecule has 1 aromatic carbocycles. The summed E-state index contributed by atoms with van der Waals surface area (Å²) >= 11 is 0. The highest BCUT2D eigenvalue weighted by Crippen LogP contribution is 2.34. The maximum Gasteiger partial charge on any atom is 0.258 e. The van der Waals surface area contributed by atoms with Crippen LogP contribution in [0.2, 0.25) is 0 Å². The number of aliphatic hydroxyl groups is 1. The molecule has 98 valence electrons. The van der Waals surface area contributed by atoms with Gasteiger partial charge in [0.2, 0.25) is 0 Å². The Morgan fingerprint density at radius 1 is 1.44 bits per heavy atom. The monoisotopic (exact) mass is 249 g/mol. The highest BCUT2D eigenvalue weighted by molar-refractivity contribution is 5.78. The molecule has 1 aliphatic carbocycles. The number of ether oxygens (including phenoxy) is 1. The SMILES string of the molecule is Cc1ccc(C)c(OCC(=O)NC2(CO)CC2)c1. The summed E-state index contributed by atoms with van der Waals surface area (Å²) in [5.74, 6) is 0.557. The van der Waals surface area contributed by atoms with Crippen molar-refractivity contribution < 1.29 is 14.6 Å². The number of aryl methyl sites for hydroxylation is 2. The Balaban J connectivity index is 1.87. The van der Waals surface area contributed by atoms with E-state index in [4.69, 9.17) is 9.84 Å². The van der Waals surface area contributed by atoms with Crippen LogP contribution < -0.4 is 10.1 Å². The normalized spacial score (nSPS) is 16.2. The van der Waals surface area contributed by atoms with Crippen LogP contribution in [0.15, 0.2) is 18.2 Å². The number of benzene rings is 1. The summed E-state index contributed by atoms with van der Waals surface area (Å²) in [5.41, 5.74) is 1.74. The number of rotatable bonds is 5. The van der Waals surface area contributed by atoms with E-state index < -0.39 is 0 Å². The average molecular weight is 249 g/mol. The van der Waals surface area contributed by atoms with Gasteiger partial charge in [-0.25, -0.2) is 0 Å². The molecule has 0 aliphatic heterocycles. The van der Waals surface area contributed by atoms with Gasteiger partial charge in [-0.15, -0.1) is 0 Å². The molecule has 1 aliphatic rings. The van der Waals surface area contributed by atoms with Gasteiger partial charge in [-0.1, -0.05) is 12.1 Å². The van der Waals surface area contributed by atoms with Crippen molar-refractivity contribution in [1.82, 2.24) is 5.32 Å². The molecule has 18 heavy (non-hydrogen) atoms. The maximum atomic E-state index is 11.7. The minimum absolute atomic E-state index is 0.00220. The van der Waals surface area contributed by atoms with Crippen molar-refractivity contribution in [3.8, 4) is 5.75 Å². The second-order valence-corrected chi connectivity index (χ2v) is 5.04. The van der Waals surface area contributed by atoms with Crippen LogP contribution in [-0.4, -0.2) is 29.8 Å². The van der Waals surface area contributed by atoms with E-state index in [1.54, 1.807) is 0 Å². The van der Waals surface area contributed by atoms with Gasteiger partial charge in [-0.05, 0) is 43.9 Å². The fourth-order valence-corrected chi connectivity index (χ4v) is 1.81. The van der Waals surface area contributed by atoms with Gasteiger partial charge in [-0.2, -0.15) is 0 Å². The first-order valence-electron chi connectivity index (χ1n) is 6.17. The van der Waals surface area contributed by atoms with Crippen molar-refractivity contribution in [1.29, 1.82) is 0 Å². The summed E-state index contributed by atoms with van der Waals surface area (Å²) in [6, 6.07) is 5.90. The molecule has 0 heterocycles. The zero-order valence-electron chi connectivity index (χ0n) is 10.8. The van der Waals surface area contributed by atoms with E-state index in [9.17, 15) is 4.79 Å². The van der Waals surface area contributed by atoms with E-state index in [0.717, 1.165) is 29.7 Å². The summed E-state index contributed by atoms with van der Waals surface area (Å²) < 4.78 is 5.50. The molecule has 0 atom stereocenters. The molecule has 0 bridgehead atoms. The van der Waals surface area contributed by atoms with Crippen LogP contribution in [0.1, 0.15) is 24.0 Å². The second-order valence-electron chi connectivity index (χ2n) is 5.04. The van der Waals surface area contributed by atoms with Crippen molar-refractivity contribution in [2.24, 2.45) is 0 Å². The summed E-state index contributed by atoms with van der Waals surface area (Å²) in [6.45, 7) is 3.92. The lowest BCUT2D eigenvalue weighted by atomic mass is 10.1. The molecule has 1 amide bonds. The van der Waals surface area contributed by atoms with Gasteiger partial charge >= 0.3 is 0 Å². The number of aliphatic hydroxyl groups excluding tert-OH is 1. The molecule has 0 aromatic heterocycles. The van der Waals surface area contributed by atoms with Gasteiger partial charge in [0.15, 0.2) is 6.61 Å². The van der Waals surface area contributed by atoms with Crippen LogP contribution in [0.25, 0.3) is 0 Å². The van der Waals surface area contributed by atoms with Crippen LogP contribution in [0.3, 0.4) is 0 Å². The van der Waals surface area contributed by atoms with Crippen molar-refractivity contribution in [2.75, 3.05) is 13.2 Å². The summed E-state index contributed by atoms with van der Waals surface area (Å²) in [6.07, 6.45) is 1.69. The van der Waals surface area contributed by atoms with Crippen LogP contribution in [0.5, 0.6) is 5.75 Å². The van der Waals surface area contributed by atoms with Crippen molar-refractivity contribution in [3.05, 3.63) is 29.3 Å². The molecule has 4 heteroatoms. The highest BCUT2D eigenvalue weighted by Gasteiger charge is 2.43. The zero-order chi connectivity index (χ0) is 13.2. The molecule has 2 N–H and O–H groups in total. The molecular weight excluding hydrogens is 230 g/mol. The van der Waals surface area contributed by atoms with E-state index in [-0.39, 0.29) is 24.7 Å². The lowest BCUT2D eigenvalue weighted by Crippen LogP contribution is -2.42. The van der Waals surface area contributed by atoms with Gasteiger partial charge < -0.3 is 15.2 Å². The first-order valence-corrected chi connectivity index (χ1v) is 6.17. The Morgan fingerprint density at radius 3 is 2.78 bits per heavy atom. The third kappa shape index (κ3) is 3.01.